The second-order valence-corrected chi connectivity index (χ2v) is 8.19. The van der Waals surface area contributed by atoms with Crippen LogP contribution in [0.25, 0.3) is 10.8 Å². The summed E-state index contributed by atoms with van der Waals surface area (Å²) in [5.41, 5.74) is 2.27. The number of hydrogen-bond donors (Lipinski definition) is 2. The predicted molar refractivity (Wildman–Crippen MR) is 115 cm³/mol. The van der Waals surface area contributed by atoms with Crippen LogP contribution in [0.4, 0.5) is 5.69 Å². The van der Waals surface area contributed by atoms with Gasteiger partial charge >= 0.3 is 0 Å². The topological polar surface area (TPSA) is 78.8 Å². The molecule has 0 aliphatic heterocycles. The normalized spacial score (nSPS) is 12.1. The number of oxime groups is 1. The minimum Gasteiger partial charge on any atom is -0.410 e. The highest BCUT2D eigenvalue weighted by Crippen LogP contribution is 2.22. The standard InChI is InChI=1S/C23H18N2O3S/c26-24-23(18-7-2-1-3-8-18)19-10-13-21(14-11-19)25-29(27,28)22-15-12-17-6-4-5-9-20(17)16-22/h1-16,25-26H/b24-23-. The number of sulfonamides is 1. The lowest BCUT2D eigenvalue weighted by molar-refractivity contribution is 0.319. The first-order chi connectivity index (χ1) is 14.1. The Bertz CT molecular complexity index is 1280. The van der Waals surface area contributed by atoms with E-state index in [2.05, 4.69) is 9.88 Å². The van der Waals surface area contributed by atoms with E-state index in [0.717, 1.165) is 16.3 Å². The Kier molecular flexibility index (Phi) is 5.01. The third-order valence-electron chi connectivity index (χ3n) is 4.59. The van der Waals surface area contributed by atoms with Gasteiger partial charge in [0.05, 0.1) is 4.90 Å². The number of hydrogen-bond acceptors (Lipinski definition) is 4. The van der Waals surface area contributed by atoms with Crippen molar-refractivity contribution < 1.29 is 13.6 Å². The molecule has 0 spiro atoms. The monoisotopic (exact) mass is 402 g/mol. The van der Waals surface area contributed by atoms with Crippen LogP contribution in [0.3, 0.4) is 0 Å². The molecule has 4 aromatic carbocycles. The molecule has 0 aliphatic rings. The molecule has 0 aliphatic carbocycles. The summed E-state index contributed by atoms with van der Waals surface area (Å²) in [5, 5.41) is 14.6. The van der Waals surface area contributed by atoms with E-state index in [9.17, 15) is 13.6 Å². The predicted octanol–water partition coefficient (Wildman–Crippen LogP) is 4.87. The summed E-state index contributed by atoms with van der Waals surface area (Å²) in [4.78, 5) is 0.196. The molecule has 0 bridgehead atoms. The number of nitrogens with zero attached hydrogens (tertiary/aromatic N) is 1. The summed E-state index contributed by atoms with van der Waals surface area (Å²) in [6.45, 7) is 0. The number of rotatable bonds is 5. The maximum absolute atomic E-state index is 12.8. The van der Waals surface area contributed by atoms with Gasteiger partial charge in [0, 0.05) is 16.8 Å². The van der Waals surface area contributed by atoms with Gasteiger partial charge in [-0.15, -0.1) is 0 Å². The van der Waals surface area contributed by atoms with E-state index in [1.165, 1.54) is 0 Å². The fourth-order valence-corrected chi connectivity index (χ4v) is 4.22. The van der Waals surface area contributed by atoms with Crippen LogP contribution in [0.1, 0.15) is 11.1 Å². The zero-order valence-corrected chi connectivity index (χ0v) is 16.2. The van der Waals surface area contributed by atoms with Gasteiger partial charge in [-0.3, -0.25) is 4.72 Å². The van der Waals surface area contributed by atoms with E-state index < -0.39 is 10.0 Å². The molecule has 4 rings (SSSR count). The van der Waals surface area contributed by atoms with Crippen molar-refractivity contribution in [1.29, 1.82) is 0 Å². The highest BCUT2D eigenvalue weighted by molar-refractivity contribution is 7.92. The van der Waals surface area contributed by atoms with Crippen molar-refractivity contribution in [2.24, 2.45) is 5.16 Å². The van der Waals surface area contributed by atoms with Crippen molar-refractivity contribution in [2.45, 2.75) is 4.90 Å². The van der Waals surface area contributed by atoms with Crippen LogP contribution < -0.4 is 4.72 Å². The minimum absolute atomic E-state index is 0.196. The van der Waals surface area contributed by atoms with Gasteiger partial charge in [-0.2, -0.15) is 0 Å². The second-order valence-electron chi connectivity index (χ2n) is 6.51. The van der Waals surface area contributed by atoms with Crippen LogP contribution in [0.5, 0.6) is 0 Å². The summed E-state index contributed by atoms with van der Waals surface area (Å²) >= 11 is 0. The van der Waals surface area contributed by atoms with E-state index in [0.29, 0.717) is 17.0 Å². The van der Waals surface area contributed by atoms with Crippen LogP contribution in [-0.2, 0) is 10.0 Å². The van der Waals surface area contributed by atoms with E-state index >= 15 is 0 Å². The van der Waals surface area contributed by atoms with Gasteiger partial charge < -0.3 is 5.21 Å². The molecule has 0 unspecified atom stereocenters. The lowest BCUT2D eigenvalue weighted by atomic mass is 10.0. The Hall–Kier alpha value is -3.64. The number of anilines is 1. The molecule has 0 saturated heterocycles. The molecular weight excluding hydrogens is 384 g/mol. The van der Waals surface area contributed by atoms with E-state index in [1.807, 2.05) is 54.6 Å². The van der Waals surface area contributed by atoms with E-state index in [-0.39, 0.29) is 4.90 Å². The van der Waals surface area contributed by atoms with Crippen LogP contribution in [-0.4, -0.2) is 19.3 Å². The van der Waals surface area contributed by atoms with E-state index in [1.54, 1.807) is 42.5 Å². The number of nitrogens with one attached hydrogen (secondary N) is 1. The summed E-state index contributed by atoms with van der Waals surface area (Å²) in [6.07, 6.45) is 0. The van der Waals surface area contributed by atoms with Gasteiger partial charge in [0.2, 0.25) is 0 Å². The fourth-order valence-electron chi connectivity index (χ4n) is 3.12. The van der Waals surface area contributed by atoms with Gasteiger partial charge in [0.25, 0.3) is 10.0 Å². The minimum atomic E-state index is -3.73. The van der Waals surface area contributed by atoms with Crippen LogP contribution in [0, 0.1) is 0 Å². The van der Waals surface area contributed by atoms with Crippen LogP contribution in [0.15, 0.2) is 107 Å². The highest BCUT2D eigenvalue weighted by Gasteiger charge is 2.15. The number of fused-ring (bicyclic) bond motifs is 1. The Balaban J connectivity index is 1.59. The lowest BCUT2D eigenvalue weighted by Gasteiger charge is -2.10. The second kappa shape index (κ2) is 7.77. The molecule has 6 heteroatoms. The van der Waals surface area contributed by atoms with Crippen molar-refractivity contribution in [3.63, 3.8) is 0 Å². The Labute approximate surface area is 169 Å². The van der Waals surface area contributed by atoms with Crippen molar-refractivity contribution in [1.82, 2.24) is 0 Å². The molecule has 0 fully saturated rings. The number of benzene rings is 4. The molecule has 0 heterocycles. The third-order valence-corrected chi connectivity index (χ3v) is 5.97. The molecule has 5 nitrogen and oxygen atoms in total. The molecule has 144 valence electrons. The van der Waals surface area contributed by atoms with Crippen molar-refractivity contribution in [3.05, 3.63) is 108 Å². The Morgan fingerprint density at radius 2 is 1.34 bits per heavy atom. The molecule has 0 amide bonds. The Morgan fingerprint density at radius 3 is 2.03 bits per heavy atom. The molecule has 29 heavy (non-hydrogen) atoms. The van der Waals surface area contributed by atoms with Crippen molar-refractivity contribution in [2.75, 3.05) is 4.72 Å². The van der Waals surface area contributed by atoms with Gasteiger partial charge in [-0.05, 0) is 35.0 Å². The highest BCUT2D eigenvalue weighted by atomic mass is 32.2. The summed E-state index contributed by atoms with van der Waals surface area (Å²) in [6, 6.07) is 28.6. The molecule has 0 atom stereocenters. The zero-order chi connectivity index (χ0) is 20.3. The largest absolute Gasteiger partial charge is 0.410 e. The molecule has 2 N–H and O–H groups in total. The maximum Gasteiger partial charge on any atom is 0.261 e. The Morgan fingerprint density at radius 1 is 0.724 bits per heavy atom. The molecular formula is C23H18N2O3S. The molecule has 0 saturated carbocycles. The average Bonchev–Trinajstić information content (AvgIpc) is 2.76. The molecule has 4 aromatic rings. The first-order valence-corrected chi connectivity index (χ1v) is 10.4. The summed E-state index contributed by atoms with van der Waals surface area (Å²) < 4.78 is 28.1. The van der Waals surface area contributed by atoms with Crippen molar-refractivity contribution in [3.8, 4) is 0 Å². The maximum atomic E-state index is 12.8. The van der Waals surface area contributed by atoms with Gasteiger partial charge in [-0.1, -0.05) is 78.0 Å². The third kappa shape index (κ3) is 3.97. The van der Waals surface area contributed by atoms with Crippen LogP contribution >= 0.6 is 0 Å². The quantitative estimate of drug-likeness (QED) is 0.284. The SMILES string of the molecule is O=S(=O)(Nc1ccc(/C(=N\O)c2ccccc2)cc1)c1ccc2ccccc2c1. The van der Waals surface area contributed by atoms with Crippen LogP contribution in [0.2, 0.25) is 0 Å². The zero-order valence-electron chi connectivity index (χ0n) is 15.4. The summed E-state index contributed by atoms with van der Waals surface area (Å²) in [5.74, 6) is 0. The molecule has 0 radical (unpaired) electrons. The lowest BCUT2D eigenvalue weighted by Crippen LogP contribution is -2.13. The van der Waals surface area contributed by atoms with E-state index in [4.69, 9.17) is 0 Å². The summed E-state index contributed by atoms with van der Waals surface area (Å²) in [7, 11) is -3.73. The first-order valence-electron chi connectivity index (χ1n) is 8.96. The first kappa shape index (κ1) is 18.7. The van der Waals surface area contributed by atoms with Gasteiger partial charge in [-0.25, -0.2) is 8.42 Å². The smallest absolute Gasteiger partial charge is 0.261 e. The van der Waals surface area contributed by atoms with Gasteiger partial charge in [0.15, 0.2) is 0 Å². The van der Waals surface area contributed by atoms with Gasteiger partial charge in [0.1, 0.15) is 5.71 Å². The van der Waals surface area contributed by atoms with Crippen molar-refractivity contribution >= 4 is 32.2 Å². The molecule has 0 aromatic heterocycles. The fraction of sp³-hybridized carbons (Fsp3) is 0. The average molecular weight is 402 g/mol.